The lowest BCUT2D eigenvalue weighted by molar-refractivity contribution is -0.540. The summed E-state index contributed by atoms with van der Waals surface area (Å²) in [7, 11) is 2.18. The van der Waals surface area contributed by atoms with Crippen LogP contribution >= 0.6 is 0 Å². The van der Waals surface area contributed by atoms with Crippen molar-refractivity contribution < 1.29 is 4.58 Å². The number of allylic oxidation sites excluding steroid dienone is 1. The van der Waals surface area contributed by atoms with Gasteiger partial charge in [-0.25, -0.2) is 4.58 Å². The lowest BCUT2D eigenvalue weighted by Gasteiger charge is -2.39. The monoisotopic (exact) mass is 248 g/mol. The second-order valence-corrected chi connectivity index (χ2v) is 6.41. The molecule has 3 nitrogen and oxygen atoms in total. The molecule has 0 aromatic heterocycles. The van der Waals surface area contributed by atoms with E-state index in [1.165, 1.54) is 38.5 Å². The molecule has 1 aliphatic heterocycles. The summed E-state index contributed by atoms with van der Waals surface area (Å²) >= 11 is 0. The van der Waals surface area contributed by atoms with Gasteiger partial charge in [0.1, 0.15) is 0 Å². The second-order valence-electron chi connectivity index (χ2n) is 6.41. The van der Waals surface area contributed by atoms with Crippen molar-refractivity contribution >= 4 is 6.34 Å². The van der Waals surface area contributed by atoms with Gasteiger partial charge in [-0.05, 0) is 43.9 Å². The van der Waals surface area contributed by atoms with Gasteiger partial charge in [0.15, 0.2) is 6.17 Å². The van der Waals surface area contributed by atoms with Crippen LogP contribution in [0.15, 0.2) is 11.6 Å². The van der Waals surface area contributed by atoms with Crippen molar-refractivity contribution in [2.45, 2.75) is 51.6 Å². The molecule has 2 aliphatic carbocycles. The fraction of sp³-hybridized carbons (Fsp3) is 0.800. The maximum absolute atomic E-state index is 3.45. The Bertz CT molecular complexity index is 368. The van der Waals surface area contributed by atoms with Gasteiger partial charge in [0, 0.05) is 5.92 Å². The number of rotatable bonds is 3. The first kappa shape index (κ1) is 12.2. The van der Waals surface area contributed by atoms with Gasteiger partial charge in [-0.2, -0.15) is 5.43 Å². The summed E-state index contributed by atoms with van der Waals surface area (Å²) in [6, 6.07) is 0. The second kappa shape index (κ2) is 5.04. The van der Waals surface area contributed by atoms with Crippen molar-refractivity contribution in [2.75, 3.05) is 7.05 Å². The van der Waals surface area contributed by atoms with Crippen molar-refractivity contribution in [3.8, 4) is 0 Å². The Morgan fingerprint density at radius 1 is 1.33 bits per heavy atom. The molecule has 100 valence electrons. The molecule has 0 bridgehead atoms. The van der Waals surface area contributed by atoms with Gasteiger partial charge in [-0.1, -0.05) is 25.0 Å². The third-order valence-electron chi connectivity index (χ3n) is 5.01. The molecule has 0 aromatic rings. The first-order valence-electron chi connectivity index (χ1n) is 7.51. The van der Waals surface area contributed by atoms with Crippen molar-refractivity contribution in [1.29, 1.82) is 0 Å². The molecule has 0 saturated heterocycles. The van der Waals surface area contributed by atoms with E-state index in [4.69, 9.17) is 0 Å². The minimum Gasteiger partial charge on any atom is -0.250 e. The molecule has 3 unspecified atom stereocenters. The quantitative estimate of drug-likeness (QED) is 0.592. The van der Waals surface area contributed by atoms with E-state index in [1.807, 2.05) is 0 Å². The van der Waals surface area contributed by atoms with E-state index in [0.717, 1.165) is 11.8 Å². The number of nitrogens with one attached hydrogen (secondary N) is 2. The molecule has 0 aromatic carbocycles. The van der Waals surface area contributed by atoms with Crippen LogP contribution in [0.4, 0.5) is 0 Å². The van der Waals surface area contributed by atoms with Crippen molar-refractivity contribution in [3.63, 3.8) is 0 Å². The van der Waals surface area contributed by atoms with E-state index in [1.54, 1.807) is 5.57 Å². The van der Waals surface area contributed by atoms with Crippen LogP contribution in [0.1, 0.15) is 45.4 Å². The number of hydrazine groups is 1. The largest absolute Gasteiger partial charge is 0.251 e. The molecule has 1 fully saturated rings. The van der Waals surface area contributed by atoms with Gasteiger partial charge in [-0.15, -0.1) is 5.43 Å². The molecule has 3 heteroatoms. The molecular formula is C15H26N3+. The smallest absolute Gasteiger partial charge is 0.250 e. The van der Waals surface area contributed by atoms with Crippen LogP contribution in [0.2, 0.25) is 0 Å². The van der Waals surface area contributed by atoms with Gasteiger partial charge in [0.05, 0.1) is 7.05 Å². The standard InChI is InChI=1S/C15H25N3/c1-11-5-3-8-13(9-11)14(12-6-4-7-12)15-17-16-10-18(15)2/h8,10-12,14-15,17H,3-7,9H2,1-2H3/p+1. The maximum atomic E-state index is 3.45. The predicted octanol–water partition coefficient (Wildman–Crippen LogP) is 2.25. The predicted molar refractivity (Wildman–Crippen MR) is 74.2 cm³/mol. The van der Waals surface area contributed by atoms with Gasteiger partial charge in [-0.3, -0.25) is 0 Å². The Morgan fingerprint density at radius 2 is 2.17 bits per heavy atom. The number of nitrogens with zero attached hydrogens (tertiary/aromatic N) is 1. The van der Waals surface area contributed by atoms with E-state index in [-0.39, 0.29) is 0 Å². The van der Waals surface area contributed by atoms with E-state index in [0.29, 0.717) is 12.1 Å². The van der Waals surface area contributed by atoms with Crippen molar-refractivity contribution in [3.05, 3.63) is 11.6 Å². The number of hydrogen-bond acceptors (Lipinski definition) is 2. The SMILES string of the molecule is CC1CCC=C(C(C2CCC2)C2NNC=[N+]2C)C1. The average molecular weight is 248 g/mol. The minimum absolute atomic E-state index is 0.451. The molecule has 1 heterocycles. The summed E-state index contributed by atoms with van der Waals surface area (Å²) < 4.78 is 2.31. The van der Waals surface area contributed by atoms with Crippen LogP contribution in [-0.4, -0.2) is 24.1 Å². The summed E-state index contributed by atoms with van der Waals surface area (Å²) in [5, 5.41) is 0. The minimum atomic E-state index is 0.451. The summed E-state index contributed by atoms with van der Waals surface area (Å²) in [6.07, 6.45) is 13.3. The van der Waals surface area contributed by atoms with Gasteiger partial charge in [0.25, 0.3) is 6.34 Å². The molecule has 18 heavy (non-hydrogen) atoms. The first-order chi connectivity index (χ1) is 8.75. The zero-order chi connectivity index (χ0) is 12.5. The summed E-state index contributed by atoms with van der Waals surface area (Å²) in [4.78, 5) is 0. The zero-order valence-electron chi connectivity index (χ0n) is 11.7. The topological polar surface area (TPSA) is 27.1 Å². The van der Waals surface area contributed by atoms with Crippen molar-refractivity contribution in [2.24, 2.45) is 17.8 Å². The van der Waals surface area contributed by atoms with Crippen LogP contribution < -0.4 is 10.9 Å². The molecule has 1 saturated carbocycles. The fourth-order valence-electron chi connectivity index (χ4n) is 3.73. The highest BCUT2D eigenvalue weighted by molar-refractivity contribution is 5.48. The lowest BCUT2D eigenvalue weighted by Crippen LogP contribution is -2.47. The molecule has 0 spiro atoms. The zero-order valence-corrected chi connectivity index (χ0v) is 11.7. The van der Waals surface area contributed by atoms with E-state index < -0.39 is 0 Å². The highest BCUT2D eigenvalue weighted by Gasteiger charge is 2.41. The third-order valence-corrected chi connectivity index (χ3v) is 5.01. The number of hydrogen-bond donors (Lipinski definition) is 2. The maximum Gasteiger partial charge on any atom is 0.251 e. The summed E-state index contributed by atoms with van der Waals surface area (Å²) in [5.41, 5.74) is 8.35. The third kappa shape index (κ3) is 2.20. The van der Waals surface area contributed by atoms with E-state index in [2.05, 4.69) is 41.8 Å². The normalized spacial score (nSPS) is 34.3. The molecule has 2 N–H and O–H groups in total. The molecule has 0 radical (unpaired) electrons. The molecule has 3 rings (SSSR count). The Kier molecular flexibility index (Phi) is 3.42. The van der Waals surface area contributed by atoms with Gasteiger partial charge < -0.3 is 0 Å². The highest BCUT2D eigenvalue weighted by Crippen LogP contribution is 2.42. The molecule has 3 atom stereocenters. The Morgan fingerprint density at radius 3 is 2.72 bits per heavy atom. The molecule has 0 amide bonds. The Balaban J connectivity index is 1.81. The van der Waals surface area contributed by atoms with Crippen LogP contribution in [0.3, 0.4) is 0 Å². The average Bonchev–Trinajstić information content (AvgIpc) is 2.69. The first-order valence-corrected chi connectivity index (χ1v) is 7.51. The van der Waals surface area contributed by atoms with Crippen LogP contribution in [0.5, 0.6) is 0 Å². The van der Waals surface area contributed by atoms with Crippen molar-refractivity contribution in [1.82, 2.24) is 10.9 Å². The van der Waals surface area contributed by atoms with E-state index >= 15 is 0 Å². The Labute approximate surface area is 110 Å². The molecular weight excluding hydrogens is 222 g/mol. The van der Waals surface area contributed by atoms with Gasteiger partial charge >= 0.3 is 0 Å². The summed E-state index contributed by atoms with van der Waals surface area (Å²) in [6.45, 7) is 2.40. The fourth-order valence-corrected chi connectivity index (χ4v) is 3.73. The molecule has 3 aliphatic rings. The van der Waals surface area contributed by atoms with Gasteiger partial charge in [0.2, 0.25) is 0 Å². The van der Waals surface area contributed by atoms with E-state index in [9.17, 15) is 0 Å². The summed E-state index contributed by atoms with van der Waals surface area (Å²) in [5.74, 6) is 2.48. The highest BCUT2D eigenvalue weighted by atomic mass is 15.5. The van der Waals surface area contributed by atoms with Crippen LogP contribution in [0, 0.1) is 17.8 Å². The lowest BCUT2D eigenvalue weighted by atomic mass is 9.68. The van der Waals surface area contributed by atoms with Crippen LogP contribution in [-0.2, 0) is 0 Å². The Hall–Kier alpha value is -0.830. The van der Waals surface area contributed by atoms with Crippen LogP contribution in [0.25, 0.3) is 0 Å².